The zero-order chi connectivity index (χ0) is 22.2. The van der Waals surface area contributed by atoms with Gasteiger partial charge in [0.05, 0.1) is 18.5 Å². The molecule has 4 rings (SSSR count). The molecule has 1 unspecified atom stereocenters. The lowest BCUT2D eigenvalue weighted by Gasteiger charge is -2.38. The minimum absolute atomic E-state index is 0.228. The van der Waals surface area contributed by atoms with Gasteiger partial charge in [-0.25, -0.2) is 4.98 Å². The van der Waals surface area contributed by atoms with Crippen molar-refractivity contribution in [3.05, 3.63) is 53.4 Å². The number of anilines is 2. The van der Waals surface area contributed by atoms with Crippen LogP contribution in [-0.2, 0) is 9.59 Å². The first-order chi connectivity index (χ1) is 14.9. The van der Waals surface area contributed by atoms with Crippen LogP contribution in [0.3, 0.4) is 0 Å². The fourth-order valence-electron chi connectivity index (χ4n) is 3.55. The van der Waals surface area contributed by atoms with Crippen molar-refractivity contribution in [2.75, 3.05) is 23.9 Å². The summed E-state index contributed by atoms with van der Waals surface area (Å²) in [6.07, 6.45) is 0. The van der Waals surface area contributed by atoms with Crippen molar-refractivity contribution in [1.82, 2.24) is 4.98 Å². The maximum Gasteiger partial charge on any atom is 0.252 e. The predicted molar refractivity (Wildman–Crippen MR) is 126 cm³/mol. The summed E-state index contributed by atoms with van der Waals surface area (Å²) in [5, 5.41) is 5.18. The van der Waals surface area contributed by atoms with E-state index in [1.54, 1.807) is 18.9 Å². The number of benzene rings is 2. The van der Waals surface area contributed by atoms with Gasteiger partial charge in [0, 0.05) is 22.4 Å². The van der Waals surface area contributed by atoms with Crippen molar-refractivity contribution >= 4 is 45.7 Å². The van der Waals surface area contributed by atoms with Crippen molar-refractivity contribution in [1.29, 1.82) is 0 Å². The molecule has 0 radical (unpaired) electrons. The SMILES string of the molecule is CCN1C(=O)C(C)(C(=O)Nc2nc(-c3cc(C)ccc3OC)cs2)Sc2ccccc21. The molecule has 6 nitrogen and oxygen atoms in total. The first kappa shape index (κ1) is 21.4. The molecule has 0 bridgehead atoms. The summed E-state index contributed by atoms with van der Waals surface area (Å²) in [6.45, 7) is 6.08. The number of rotatable bonds is 5. The van der Waals surface area contributed by atoms with E-state index < -0.39 is 4.75 Å². The number of nitrogens with one attached hydrogen (secondary N) is 1. The van der Waals surface area contributed by atoms with E-state index in [0.29, 0.717) is 23.1 Å². The molecule has 0 fully saturated rings. The summed E-state index contributed by atoms with van der Waals surface area (Å²) in [6, 6.07) is 13.5. The van der Waals surface area contributed by atoms with Crippen LogP contribution in [0.4, 0.5) is 10.8 Å². The fourth-order valence-corrected chi connectivity index (χ4v) is 5.46. The molecule has 0 saturated heterocycles. The number of thioether (sulfide) groups is 1. The number of fused-ring (bicyclic) bond motifs is 1. The number of para-hydroxylation sites is 1. The minimum atomic E-state index is -1.28. The second-order valence-electron chi connectivity index (χ2n) is 7.35. The summed E-state index contributed by atoms with van der Waals surface area (Å²) in [7, 11) is 1.62. The average molecular weight is 454 g/mol. The predicted octanol–water partition coefficient (Wildman–Crippen LogP) is 4.98. The van der Waals surface area contributed by atoms with E-state index in [1.165, 1.54) is 23.1 Å². The highest BCUT2D eigenvalue weighted by Gasteiger charge is 2.49. The third kappa shape index (κ3) is 3.81. The Morgan fingerprint density at radius 2 is 2.03 bits per heavy atom. The first-order valence-electron chi connectivity index (χ1n) is 9.89. The van der Waals surface area contributed by atoms with Gasteiger partial charge in [-0.3, -0.25) is 9.59 Å². The summed E-state index contributed by atoms with van der Waals surface area (Å²) < 4.78 is 4.17. The first-order valence-corrected chi connectivity index (χ1v) is 11.6. The van der Waals surface area contributed by atoms with Gasteiger partial charge in [0.15, 0.2) is 9.88 Å². The topological polar surface area (TPSA) is 71.5 Å². The van der Waals surface area contributed by atoms with E-state index >= 15 is 0 Å². The fraction of sp³-hybridized carbons (Fsp3) is 0.261. The maximum absolute atomic E-state index is 13.3. The minimum Gasteiger partial charge on any atom is -0.496 e. The second kappa shape index (κ2) is 8.36. The van der Waals surface area contributed by atoms with E-state index in [4.69, 9.17) is 4.74 Å². The van der Waals surface area contributed by atoms with Gasteiger partial charge in [-0.1, -0.05) is 35.5 Å². The number of thiazole rings is 1. The molecule has 2 aromatic carbocycles. The molecule has 2 amide bonds. The van der Waals surface area contributed by atoms with E-state index in [-0.39, 0.29) is 11.8 Å². The molecule has 0 aliphatic carbocycles. The lowest BCUT2D eigenvalue weighted by molar-refractivity contribution is -0.128. The quantitative estimate of drug-likeness (QED) is 0.552. The van der Waals surface area contributed by atoms with E-state index in [2.05, 4.69) is 10.3 Å². The number of amides is 2. The van der Waals surface area contributed by atoms with Gasteiger partial charge in [0.25, 0.3) is 11.8 Å². The average Bonchev–Trinajstić information content (AvgIpc) is 3.23. The molecule has 1 aliphatic rings. The van der Waals surface area contributed by atoms with Crippen LogP contribution in [0.5, 0.6) is 5.75 Å². The number of carbonyl (C=O) groups excluding carboxylic acids is 2. The summed E-state index contributed by atoms with van der Waals surface area (Å²) in [5.41, 5.74) is 3.51. The normalized spacial score (nSPS) is 17.9. The monoisotopic (exact) mass is 453 g/mol. The Balaban J connectivity index is 1.61. The van der Waals surface area contributed by atoms with Crippen LogP contribution >= 0.6 is 23.1 Å². The number of methoxy groups -OCH3 is 1. The molecule has 1 aromatic heterocycles. The van der Waals surface area contributed by atoms with Crippen molar-refractivity contribution in [2.24, 2.45) is 0 Å². The number of aromatic nitrogens is 1. The number of nitrogens with zero attached hydrogens (tertiary/aromatic N) is 2. The highest BCUT2D eigenvalue weighted by atomic mass is 32.2. The van der Waals surface area contributed by atoms with Gasteiger partial charge >= 0.3 is 0 Å². The molecular formula is C23H23N3O3S2. The van der Waals surface area contributed by atoms with Crippen LogP contribution < -0.4 is 15.0 Å². The van der Waals surface area contributed by atoms with Crippen LogP contribution in [0, 0.1) is 6.92 Å². The molecule has 3 aromatic rings. The number of carbonyl (C=O) groups is 2. The van der Waals surface area contributed by atoms with Crippen LogP contribution in [0.25, 0.3) is 11.3 Å². The largest absolute Gasteiger partial charge is 0.496 e. The summed E-state index contributed by atoms with van der Waals surface area (Å²) in [5.74, 6) is 0.106. The van der Waals surface area contributed by atoms with E-state index in [0.717, 1.165) is 21.7 Å². The Kier molecular flexibility index (Phi) is 5.77. The molecule has 160 valence electrons. The van der Waals surface area contributed by atoms with Gasteiger partial charge in [-0.05, 0) is 45.0 Å². The lowest BCUT2D eigenvalue weighted by Crippen LogP contribution is -2.54. The smallest absolute Gasteiger partial charge is 0.252 e. The lowest BCUT2D eigenvalue weighted by atomic mass is 10.1. The number of aryl methyl sites for hydroxylation is 1. The molecular weight excluding hydrogens is 430 g/mol. The highest BCUT2D eigenvalue weighted by Crippen LogP contribution is 2.45. The molecule has 8 heteroatoms. The zero-order valence-electron chi connectivity index (χ0n) is 17.8. The highest BCUT2D eigenvalue weighted by molar-refractivity contribution is 8.02. The molecule has 0 spiro atoms. The maximum atomic E-state index is 13.3. The van der Waals surface area contributed by atoms with E-state index in [9.17, 15) is 9.59 Å². The summed E-state index contributed by atoms with van der Waals surface area (Å²) >= 11 is 2.60. The number of hydrogen-bond donors (Lipinski definition) is 1. The van der Waals surface area contributed by atoms with Crippen LogP contribution in [0.15, 0.2) is 52.7 Å². The Morgan fingerprint density at radius 3 is 2.77 bits per heavy atom. The molecule has 1 aliphatic heterocycles. The Morgan fingerprint density at radius 1 is 1.26 bits per heavy atom. The van der Waals surface area contributed by atoms with Gasteiger partial charge in [-0.2, -0.15) is 0 Å². The van der Waals surface area contributed by atoms with Crippen molar-refractivity contribution in [3.63, 3.8) is 0 Å². The molecule has 0 saturated carbocycles. The van der Waals surface area contributed by atoms with E-state index in [1.807, 2.05) is 61.7 Å². The van der Waals surface area contributed by atoms with Gasteiger partial charge in [-0.15, -0.1) is 11.3 Å². The zero-order valence-corrected chi connectivity index (χ0v) is 19.4. The number of hydrogen-bond acceptors (Lipinski definition) is 6. The Hall–Kier alpha value is -2.84. The molecule has 1 N–H and O–H groups in total. The molecule has 2 heterocycles. The molecule has 31 heavy (non-hydrogen) atoms. The van der Waals surface area contributed by atoms with Crippen LogP contribution in [-0.4, -0.2) is 35.2 Å². The van der Waals surface area contributed by atoms with Crippen LogP contribution in [0.2, 0.25) is 0 Å². The number of ether oxygens (including phenoxy) is 1. The summed E-state index contributed by atoms with van der Waals surface area (Å²) in [4.78, 5) is 33.6. The Bertz CT molecular complexity index is 1160. The third-order valence-electron chi connectivity index (χ3n) is 5.23. The second-order valence-corrected chi connectivity index (χ2v) is 9.67. The van der Waals surface area contributed by atoms with Gasteiger partial charge in [0.1, 0.15) is 5.75 Å². The van der Waals surface area contributed by atoms with Gasteiger partial charge in [0.2, 0.25) is 0 Å². The third-order valence-corrected chi connectivity index (χ3v) is 7.32. The van der Waals surface area contributed by atoms with Gasteiger partial charge < -0.3 is 15.0 Å². The standard InChI is InChI=1S/C23H23N3O3S2/c1-5-26-17-8-6-7-9-19(17)31-23(3,21(26)28)20(27)25-22-24-16(13-30-22)15-12-14(2)10-11-18(15)29-4/h6-13H,5H2,1-4H3,(H,24,25,27). The van der Waals surface area contributed by atoms with Crippen molar-refractivity contribution < 1.29 is 14.3 Å². The van der Waals surface area contributed by atoms with Crippen LogP contribution in [0.1, 0.15) is 19.4 Å². The van der Waals surface area contributed by atoms with Crippen molar-refractivity contribution in [3.8, 4) is 17.0 Å². The van der Waals surface area contributed by atoms with Crippen molar-refractivity contribution in [2.45, 2.75) is 30.4 Å². The Labute approximate surface area is 189 Å². The molecule has 1 atom stereocenters.